The van der Waals surface area contributed by atoms with E-state index in [1.807, 2.05) is 0 Å². The number of rotatable bonds is 1. The van der Waals surface area contributed by atoms with Crippen LogP contribution in [-0.4, -0.2) is 4.98 Å². The first-order valence-electron chi connectivity index (χ1n) is 2.99. The van der Waals surface area contributed by atoms with E-state index in [1.54, 1.807) is 6.07 Å². The second-order valence-electron chi connectivity index (χ2n) is 2.02. The van der Waals surface area contributed by atoms with Crippen LogP contribution in [0.3, 0.4) is 0 Å². The van der Waals surface area contributed by atoms with Crippen LogP contribution in [0.4, 0.5) is 8.78 Å². The SMILES string of the molecule is N#Cc1cc(C(F)F)cc(Br)n1. The van der Waals surface area contributed by atoms with Crippen molar-refractivity contribution in [2.75, 3.05) is 0 Å². The van der Waals surface area contributed by atoms with Gasteiger partial charge in [-0.2, -0.15) is 5.26 Å². The molecule has 1 rings (SSSR count). The molecule has 0 radical (unpaired) electrons. The minimum Gasteiger partial charge on any atom is -0.230 e. The highest BCUT2D eigenvalue weighted by Gasteiger charge is 2.09. The molecule has 1 aromatic heterocycles. The van der Waals surface area contributed by atoms with E-state index in [-0.39, 0.29) is 15.9 Å². The fourth-order valence-electron chi connectivity index (χ4n) is 0.700. The summed E-state index contributed by atoms with van der Waals surface area (Å²) in [4.78, 5) is 3.66. The van der Waals surface area contributed by atoms with E-state index in [1.165, 1.54) is 6.07 Å². The fourth-order valence-corrected chi connectivity index (χ4v) is 1.16. The van der Waals surface area contributed by atoms with E-state index < -0.39 is 6.43 Å². The highest BCUT2D eigenvalue weighted by Crippen LogP contribution is 2.21. The molecule has 2 nitrogen and oxygen atoms in total. The maximum Gasteiger partial charge on any atom is 0.264 e. The molecule has 0 N–H and O–H groups in total. The van der Waals surface area contributed by atoms with Crippen LogP contribution in [0.2, 0.25) is 0 Å². The molecule has 0 amide bonds. The molecular formula is C7H3BrF2N2. The van der Waals surface area contributed by atoms with Crippen molar-refractivity contribution in [3.63, 3.8) is 0 Å². The van der Waals surface area contributed by atoms with E-state index in [9.17, 15) is 8.78 Å². The molecule has 0 bridgehead atoms. The zero-order chi connectivity index (χ0) is 9.14. The quantitative estimate of drug-likeness (QED) is 0.699. The smallest absolute Gasteiger partial charge is 0.230 e. The summed E-state index contributed by atoms with van der Waals surface area (Å²) >= 11 is 2.93. The Hall–Kier alpha value is -1.02. The van der Waals surface area contributed by atoms with Crippen molar-refractivity contribution >= 4 is 15.9 Å². The second kappa shape index (κ2) is 3.59. The van der Waals surface area contributed by atoms with Gasteiger partial charge in [-0.05, 0) is 28.1 Å². The van der Waals surface area contributed by atoms with Crippen LogP contribution >= 0.6 is 15.9 Å². The van der Waals surface area contributed by atoms with Gasteiger partial charge in [-0.25, -0.2) is 13.8 Å². The number of aromatic nitrogens is 1. The maximum atomic E-state index is 12.1. The molecule has 1 heterocycles. The van der Waals surface area contributed by atoms with E-state index >= 15 is 0 Å². The largest absolute Gasteiger partial charge is 0.264 e. The Morgan fingerprint density at radius 1 is 1.50 bits per heavy atom. The molecule has 0 fully saturated rings. The maximum absolute atomic E-state index is 12.1. The number of nitrogens with zero attached hydrogens (tertiary/aromatic N) is 2. The lowest BCUT2D eigenvalue weighted by Gasteiger charge is -1.99. The van der Waals surface area contributed by atoms with Gasteiger partial charge in [0.2, 0.25) is 0 Å². The van der Waals surface area contributed by atoms with Gasteiger partial charge in [-0.1, -0.05) is 0 Å². The topological polar surface area (TPSA) is 36.7 Å². The number of hydrogen-bond acceptors (Lipinski definition) is 2. The molecule has 0 atom stereocenters. The van der Waals surface area contributed by atoms with Gasteiger partial charge in [0.25, 0.3) is 6.43 Å². The molecule has 0 unspecified atom stereocenters. The van der Waals surface area contributed by atoms with Crippen molar-refractivity contribution in [1.29, 1.82) is 5.26 Å². The Kier molecular flexibility index (Phi) is 2.71. The standard InChI is InChI=1S/C7H3BrF2N2/c8-6-2-4(7(9)10)1-5(3-11)12-6/h1-2,7H. The Labute approximate surface area is 76.0 Å². The van der Waals surface area contributed by atoms with Crippen molar-refractivity contribution in [3.8, 4) is 6.07 Å². The molecule has 12 heavy (non-hydrogen) atoms. The predicted molar refractivity (Wildman–Crippen MR) is 41.6 cm³/mol. The summed E-state index contributed by atoms with van der Waals surface area (Å²) in [6.07, 6.45) is -2.57. The molecule has 62 valence electrons. The van der Waals surface area contributed by atoms with Crippen LogP contribution in [0.5, 0.6) is 0 Å². The van der Waals surface area contributed by atoms with Crippen LogP contribution < -0.4 is 0 Å². The van der Waals surface area contributed by atoms with Gasteiger partial charge in [0.15, 0.2) is 0 Å². The number of halogens is 3. The van der Waals surface area contributed by atoms with Crippen molar-refractivity contribution < 1.29 is 8.78 Å². The second-order valence-corrected chi connectivity index (χ2v) is 2.83. The molecule has 0 aliphatic heterocycles. The zero-order valence-electron chi connectivity index (χ0n) is 5.76. The number of alkyl halides is 2. The highest BCUT2D eigenvalue weighted by atomic mass is 79.9. The molecule has 0 aliphatic rings. The minimum atomic E-state index is -2.57. The van der Waals surface area contributed by atoms with Crippen molar-refractivity contribution in [2.45, 2.75) is 6.43 Å². The number of pyridine rings is 1. The molecule has 0 saturated carbocycles. The lowest BCUT2D eigenvalue weighted by Crippen LogP contribution is -1.90. The van der Waals surface area contributed by atoms with Crippen molar-refractivity contribution in [2.24, 2.45) is 0 Å². The number of nitriles is 1. The third-order valence-corrected chi connectivity index (χ3v) is 1.59. The average Bonchev–Trinajstić information content (AvgIpc) is 2.03. The Balaban J connectivity index is 3.17. The Bertz CT molecular complexity index is 333. The van der Waals surface area contributed by atoms with E-state index in [0.717, 1.165) is 6.07 Å². The summed E-state index contributed by atoms with van der Waals surface area (Å²) in [7, 11) is 0. The van der Waals surface area contributed by atoms with Crippen molar-refractivity contribution in [1.82, 2.24) is 4.98 Å². The summed E-state index contributed by atoms with van der Waals surface area (Å²) in [5.41, 5.74) is -0.215. The van der Waals surface area contributed by atoms with Gasteiger partial charge in [-0.15, -0.1) is 0 Å². The molecular weight excluding hydrogens is 230 g/mol. The lowest BCUT2D eigenvalue weighted by atomic mass is 10.2. The van der Waals surface area contributed by atoms with E-state index in [0.29, 0.717) is 0 Å². The van der Waals surface area contributed by atoms with Crippen molar-refractivity contribution in [3.05, 3.63) is 28.0 Å². The molecule has 0 spiro atoms. The molecule has 1 aromatic rings. The summed E-state index contributed by atoms with van der Waals surface area (Å²) in [6.45, 7) is 0. The molecule has 0 aliphatic carbocycles. The summed E-state index contributed by atoms with van der Waals surface area (Å²) in [5, 5.41) is 8.39. The molecule has 0 aromatic carbocycles. The Morgan fingerprint density at radius 2 is 2.17 bits per heavy atom. The molecule has 0 saturated heterocycles. The minimum absolute atomic E-state index is 0.0142. The summed E-state index contributed by atoms with van der Waals surface area (Å²) in [5.74, 6) is 0. The van der Waals surface area contributed by atoms with Gasteiger partial charge < -0.3 is 0 Å². The lowest BCUT2D eigenvalue weighted by molar-refractivity contribution is 0.151. The third-order valence-electron chi connectivity index (χ3n) is 1.18. The van der Waals surface area contributed by atoms with Gasteiger partial charge in [0, 0.05) is 5.56 Å². The fraction of sp³-hybridized carbons (Fsp3) is 0.143. The monoisotopic (exact) mass is 232 g/mol. The van der Waals surface area contributed by atoms with Gasteiger partial charge in [-0.3, -0.25) is 0 Å². The first-order valence-corrected chi connectivity index (χ1v) is 3.78. The molecule has 5 heteroatoms. The normalized spacial score (nSPS) is 9.92. The average molecular weight is 233 g/mol. The van der Waals surface area contributed by atoms with Crippen LogP contribution in [0.1, 0.15) is 17.7 Å². The summed E-state index contributed by atoms with van der Waals surface area (Å²) in [6, 6.07) is 3.94. The highest BCUT2D eigenvalue weighted by molar-refractivity contribution is 9.10. The predicted octanol–water partition coefficient (Wildman–Crippen LogP) is 2.65. The van der Waals surface area contributed by atoms with Gasteiger partial charge in [0.05, 0.1) is 0 Å². The van der Waals surface area contributed by atoms with Gasteiger partial charge in [0.1, 0.15) is 16.4 Å². The van der Waals surface area contributed by atoms with E-state index in [4.69, 9.17) is 5.26 Å². The first-order chi connectivity index (χ1) is 5.63. The first kappa shape index (κ1) is 9.07. The summed E-state index contributed by atoms with van der Waals surface area (Å²) < 4.78 is 24.5. The van der Waals surface area contributed by atoms with Crippen LogP contribution in [-0.2, 0) is 0 Å². The van der Waals surface area contributed by atoms with Gasteiger partial charge >= 0.3 is 0 Å². The Morgan fingerprint density at radius 3 is 2.67 bits per heavy atom. The zero-order valence-corrected chi connectivity index (χ0v) is 7.35. The van der Waals surface area contributed by atoms with Crippen LogP contribution in [0.25, 0.3) is 0 Å². The van der Waals surface area contributed by atoms with Crippen LogP contribution in [0.15, 0.2) is 16.7 Å². The third kappa shape index (κ3) is 1.98. The van der Waals surface area contributed by atoms with E-state index in [2.05, 4.69) is 20.9 Å². The van der Waals surface area contributed by atoms with Crippen LogP contribution in [0, 0.1) is 11.3 Å². The number of hydrogen-bond donors (Lipinski definition) is 0.